The second kappa shape index (κ2) is 3.79. The van der Waals surface area contributed by atoms with Crippen LogP contribution in [0.1, 0.15) is 18.0 Å². The predicted octanol–water partition coefficient (Wildman–Crippen LogP) is 2.20. The van der Waals surface area contributed by atoms with Gasteiger partial charge in [-0.25, -0.2) is 0 Å². The monoisotopic (exact) mass is 257 g/mol. The molecular formula is C10H12BrNO2. The Labute approximate surface area is 91.2 Å². The molecule has 2 rings (SSSR count). The van der Waals surface area contributed by atoms with E-state index in [0.717, 1.165) is 23.0 Å². The zero-order valence-electron chi connectivity index (χ0n) is 7.88. The van der Waals surface area contributed by atoms with E-state index in [9.17, 15) is 5.11 Å². The van der Waals surface area contributed by atoms with Crippen LogP contribution >= 0.6 is 15.9 Å². The zero-order valence-corrected chi connectivity index (χ0v) is 9.47. The van der Waals surface area contributed by atoms with Crippen molar-refractivity contribution in [2.24, 2.45) is 0 Å². The van der Waals surface area contributed by atoms with Crippen LogP contribution in [0.15, 0.2) is 16.6 Å². The number of phenols is 1. The van der Waals surface area contributed by atoms with E-state index >= 15 is 0 Å². The molecular weight excluding hydrogens is 246 g/mol. The summed E-state index contributed by atoms with van der Waals surface area (Å²) in [4.78, 5) is 0. The summed E-state index contributed by atoms with van der Waals surface area (Å²) in [5.74, 6) is 0.679. The maximum absolute atomic E-state index is 9.75. The van der Waals surface area contributed by atoms with Gasteiger partial charge in [0.05, 0.1) is 11.6 Å². The lowest BCUT2D eigenvalue weighted by Crippen LogP contribution is -2.35. The largest absolute Gasteiger partial charge is 0.503 e. The first-order chi connectivity index (χ1) is 6.74. The number of methoxy groups -OCH3 is 1. The van der Waals surface area contributed by atoms with Crippen LogP contribution in [0.4, 0.5) is 0 Å². The van der Waals surface area contributed by atoms with Crippen molar-refractivity contribution in [2.75, 3.05) is 13.7 Å². The number of benzene rings is 1. The highest BCUT2D eigenvalue weighted by Crippen LogP contribution is 2.40. The average Bonchev–Trinajstić information content (AvgIpc) is 2.10. The summed E-state index contributed by atoms with van der Waals surface area (Å²) >= 11 is 3.38. The van der Waals surface area contributed by atoms with Crippen molar-refractivity contribution >= 4 is 15.9 Å². The second-order valence-corrected chi connectivity index (χ2v) is 4.11. The van der Waals surface area contributed by atoms with E-state index in [2.05, 4.69) is 21.2 Å². The second-order valence-electron chi connectivity index (χ2n) is 3.32. The minimum Gasteiger partial charge on any atom is -0.503 e. The minimum atomic E-state index is 0.179. The van der Waals surface area contributed by atoms with Gasteiger partial charge in [0, 0.05) is 6.04 Å². The normalized spacial score (nSPS) is 20.3. The molecule has 1 aromatic carbocycles. The van der Waals surface area contributed by atoms with Gasteiger partial charge in [0.15, 0.2) is 11.5 Å². The van der Waals surface area contributed by atoms with Crippen LogP contribution in [-0.4, -0.2) is 18.8 Å². The van der Waals surface area contributed by atoms with Crippen molar-refractivity contribution in [3.63, 3.8) is 0 Å². The van der Waals surface area contributed by atoms with E-state index in [1.165, 1.54) is 0 Å². The lowest BCUT2D eigenvalue weighted by atomic mass is 9.98. The Hall–Kier alpha value is -0.740. The molecule has 0 saturated carbocycles. The molecule has 4 heteroatoms. The van der Waals surface area contributed by atoms with Crippen LogP contribution in [0.3, 0.4) is 0 Å². The summed E-state index contributed by atoms with van der Waals surface area (Å²) in [5.41, 5.74) is 1.09. The van der Waals surface area contributed by atoms with E-state index in [0.29, 0.717) is 11.8 Å². The smallest absolute Gasteiger partial charge is 0.172 e. The lowest BCUT2D eigenvalue weighted by molar-refractivity contribution is 0.361. The van der Waals surface area contributed by atoms with Crippen LogP contribution in [0.2, 0.25) is 0 Å². The van der Waals surface area contributed by atoms with Crippen LogP contribution in [0.25, 0.3) is 0 Å². The number of nitrogens with one attached hydrogen (secondary N) is 1. The summed E-state index contributed by atoms with van der Waals surface area (Å²) in [6.07, 6.45) is 1.12. The maximum atomic E-state index is 9.75. The predicted molar refractivity (Wildman–Crippen MR) is 57.7 cm³/mol. The number of halogens is 1. The first kappa shape index (κ1) is 9.80. The Morgan fingerprint density at radius 1 is 1.57 bits per heavy atom. The maximum Gasteiger partial charge on any atom is 0.172 e. The van der Waals surface area contributed by atoms with Crippen molar-refractivity contribution in [3.8, 4) is 11.5 Å². The third-order valence-electron chi connectivity index (χ3n) is 2.53. The molecule has 0 aromatic heterocycles. The molecule has 0 spiro atoms. The van der Waals surface area contributed by atoms with Gasteiger partial charge in [0.25, 0.3) is 0 Å². The fourth-order valence-corrected chi connectivity index (χ4v) is 2.15. The molecule has 1 fully saturated rings. The Morgan fingerprint density at radius 2 is 2.29 bits per heavy atom. The van der Waals surface area contributed by atoms with E-state index in [1.54, 1.807) is 13.2 Å². The fraction of sp³-hybridized carbons (Fsp3) is 0.400. The number of hydrogen-bond acceptors (Lipinski definition) is 3. The Kier molecular flexibility index (Phi) is 2.65. The van der Waals surface area contributed by atoms with Crippen molar-refractivity contribution in [1.82, 2.24) is 5.32 Å². The quantitative estimate of drug-likeness (QED) is 0.854. The SMILES string of the molecule is COc1ccc(C2CCN2)c(Br)c1O. The van der Waals surface area contributed by atoms with Gasteiger partial charge in [-0.15, -0.1) is 0 Å². The van der Waals surface area contributed by atoms with E-state index in [1.807, 2.05) is 6.07 Å². The van der Waals surface area contributed by atoms with Crippen LogP contribution < -0.4 is 10.1 Å². The summed E-state index contributed by atoms with van der Waals surface area (Å²) in [6, 6.07) is 4.12. The lowest BCUT2D eigenvalue weighted by Gasteiger charge is -2.29. The molecule has 1 aliphatic rings. The molecule has 2 N–H and O–H groups in total. The topological polar surface area (TPSA) is 41.5 Å². The van der Waals surface area contributed by atoms with Crippen molar-refractivity contribution < 1.29 is 9.84 Å². The fourth-order valence-electron chi connectivity index (χ4n) is 1.55. The molecule has 1 heterocycles. The minimum absolute atomic E-state index is 0.179. The van der Waals surface area contributed by atoms with Gasteiger partial charge in [0.2, 0.25) is 0 Å². The van der Waals surface area contributed by atoms with Gasteiger partial charge < -0.3 is 15.2 Å². The number of rotatable bonds is 2. The highest BCUT2D eigenvalue weighted by molar-refractivity contribution is 9.10. The molecule has 0 bridgehead atoms. The van der Waals surface area contributed by atoms with Gasteiger partial charge in [0.1, 0.15) is 0 Å². The van der Waals surface area contributed by atoms with Crippen molar-refractivity contribution in [3.05, 3.63) is 22.2 Å². The first-order valence-electron chi connectivity index (χ1n) is 4.52. The first-order valence-corrected chi connectivity index (χ1v) is 5.32. The third-order valence-corrected chi connectivity index (χ3v) is 3.36. The van der Waals surface area contributed by atoms with Crippen LogP contribution in [-0.2, 0) is 0 Å². The molecule has 1 atom stereocenters. The average molecular weight is 258 g/mol. The highest BCUT2D eigenvalue weighted by atomic mass is 79.9. The van der Waals surface area contributed by atoms with Gasteiger partial charge in [-0.05, 0) is 40.5 Å². The molecule has 1 saturated heterocycles. The number of aromatic hydroxyl groups is 1. The summed E-state index contributed by atoms with van der Waals surface area (Å²) in [6.45, 7) is 1.05. The van der Waals surface area contributed by atoms with Gasteiger partial charge >= 0.3 is 0 Å². The van der Waals surface area contributed by atoms with Gasteiger partial charge in [-0.1, -0.05) is 6.07 Å². The molecule has 0 aliphatic carbocycles. The highest BCUT2D eigenvalue weighted by Gasteiger charge is 2.23. The summed E-state index contributed by atoms with van der Waals surface area (Å²) < 4.78 is 5.74. The molecule has 0 amide bonds. The van der Waals surface area contributed by atoms with E-state index in [-0.39, 0.29) is 5.75 Å². The van der Waals surface area contributed by atoms with Crippen molar-refractivity contribution in [2.45, 2.75) is 12.5 Å². The van der Waals surface area contributed by atoms with Crippen LogP contribution in [0, 0.1) is 0 Å². The molecule has 1 unspecified atom stereocenters. The molecule has 76 valence electrons. The van der Waals surface area contributed by atoms with E-state index in [4.69, 9.17) is 4.74 Å². The summed E-state index contributed by atoms with van der Waals surface area (Å²) in [5, 5.41) is 13.0. The van der Waals surface area contributed by atoms with Crippen LogP contribution in [0.5, 0.6) is 11.5 Å². The number of ether oxygens (including phenoxy) is 1. The molecule has 1 aromatic rings. The standard InChI is InChI=1S/C10H12BrNO2/c1-14-8-3-2-6(7-4-5-12-7)9(11)10(8)13/h2-3,7,12-13H,4-5H2,1H3. The zero-order chi connectivity index (χ0) is 10.1. The molecule has 1 aliphatic heterocycles. The molecule has 0 radical (unpaired) electrons. The Morgan fingerprint density at radius 3 is 2.79 bits per heavy atom. The van der Waals surface area contributed by atoms with E-state index < -0.39 is 0 Å². The number of phenolic OH excluding ortho intramolecular Hbond substituents is 1. The van der Waals surface area contributed by atoms with Crippen molar-refractivity contribution in [1.29, 1.82) is 0 Å². The summed E-state index contributed by atoms with van der Waals surface area (Å²) in [7, 11) is 1.54. The molecule has 3 nitrogen and oxygen atoms in total. The number of hydrogen-bond donors (Lipinski definition) is 2. The third kappa shape index (κ3) is 1.48. The van der Waals surface area contributed by atoms with Gasteiger partial charge in [-0.2, -0.15) is 0 Å². The van der Waals surface area contributed by atoms with Gasteiger partial charge in [-0.3, -0.25) is 0 Å². The Bertz CT molecular complexity index is 350. The Balaban J connectivity index is 2.38. The molecule has 14 heavy (non-hydrogen) atoms.